The third-order valence-electron chi connectivity index (χ3n) is 3.99. The van der Waals surface area contributed by atoms with Gasteiger partial charge in [0.15, 0.2) is 0 Å². The van der Waals surface area contributed by atoms with Gasteiger partial charge in [-0.2, -0.15) is 0 Å². The molecule has 2 heteroatoms. The second-order valence-corrected chi connectivity index (χ2v) is 5.36. The van der Waals surface area contributed by atoms with Crippen molar-refractivity contribution in [1.29, 1.82) is 0 Å². The first kappa shape index (κ1) is 13.4. The van der Waals surface area contributed by atoms with Crippen LogP contribution in [-0.2, 0) is 0 Å². The third-order valence-corrected chi connectivity index (χ3v) is 3.99. The second kappa shape index (κ2) is 6.79. The molecule has 0 saturated heterocycles. The Balaban J connectivity index is 1.76. The Hall–Kier alpha value is -1.02. The summed E-state index contributed by atoms with van der Waals surface area (Å²) in [5.41, 5.74) is 2.57. The van der Waals surface area contributed by atoms with E-state index in [1.165, 1.54) is 43.5 Å². The highest BCUT2D eigenvalue weighted by atomic mass is 15.2. The molecule has 1 saturated carbocycles. The standard InChI is InChI=1S/C16H26N2/c1-3-18(16-9-4-5-10-16)12-11-17-15-8-6-7-14(2)13-15/h6-8,13,16-17H,3-5,9-12H2,1-2H3. The molecule has 100 valence electrons. The van der Waals surface area contributed by atoms with Crippen LogP contribution in [-0.4, -0.2) is 30.6 Å². The van der Waals surface area contributed by atoms with E-state index < -0.39 is 0 Å². The number of nitrogens with zero attached hydrogens (tertiary/aromatic N) is 1. The lowest BCUT2D eigenvalue weighted by Gasteiger charge is -2.27. The van der Waals surface area contributed by atoms with Gasteiger partial charge in [-0.25, -0.2) is 0 Å². The average molecular weight is 246 g/mol. The lowest BCUT2D eigenvalue weighted by atomic mass is 10.2. The molecule has 1 aliphatic rings. The van der Waals surface area contributed by atoms with E-state index >= 15 is 0 Å². The van der Waals surface area contributed by atoms with Gasteiger partial charge < -0.3 is 5.32 Å². The van der Waals surface area contributed by atoms with Gasteiger partial charge in [-0.15, -0.1) is 0 Å². The number of rotatable bonds is 6. The van der Waals surface area contributed by atoms with Gasteiger partial charge in [0.05, 0.1) is 0 Å². The number of nitrogens with one attached hydrogen (secondary N) is 1. The molecule has 2 rings (SSSR count). The van der Waals surface area contributed by atoms with Crippen LogP contribution in [0, 0.1) is 6.92 Å². The summed E-state index contributed by atoms with van der Waals surface area (Å²) >= 11 is 0. The molecule has 0 radical (unpaired) electrons. The van der Waals surface area contributed by atoms with Crippen LogP contribution in [0.4, 0.5) is 5.69 Å². The van der Waals surface area contributed by atoms with E-state index in [2.05, 4.69) is 48.3 Å². The molecule has 0 amide bonds. The maximum Gasteiger partial charge on any atom is 0.0343 e. The van der Waals surface area contributed by atoms with Gasteiger partial charge in [-0.3, -0.25) is 4.90 Å². The van der Waals surface area contributed by atoms with Crippen LogP contribution in [0.2, 0.25) is 0 Å². The average Bonchev–Trinajstić information content (AvgIpc) is 2.88. The van der Waals surface area contributed by atoms with Crippen LogP contribution < -0.4 is 5.32 Å². The predicted octanol–water partition coefficient (Wildman–Crippen LogP) is 3.67. The first-order chi connectivity index (χ1) is 8.79. The van der Waals surface area contributed by atoms with Crippen molar-refractivity contribution in [3.63, 3.8) is 0 Å². The van der Waals surface area contributed by atoms with Gasteiger partial charge >= 0.3 is 0 Å². The van der Waals surface area contributed by atoms with Crippen LogP contribution >= 0.6 is 0 Å². The fraction of sp³-hybridized carbons (Fsp3) is 0.625. The Morgan fingerprint density at radius 2 is 2.06 bits per heavy atom. The topological polar surface area (TPSA) is 15.3 Å². The van der Waals surface area contributed by atoms with Crippen LogP contribution in [0.5, 0.6) is 0 Å². The number of anilines is 1. The van der Waals surface area contributed by atoms with Crippen molar-refractivity contribution < 1.29 is 0 Å². The van der Waals surface area contributed by atoms with Crippen LogP contribution in [0.3, 0.4) is 0 Å². The van der Waals surface area contributed by atoms with Crippen LogP contribution in [0.1, 0.15) is 38.2 Å². The minimum Gasteiger partial charge on any atom is -0.384 e. The summed E-state index contributed by atoms with van der Waals surface area (Å²) in [7, 11) is 0. The zero-order valence-corrected chi connectivity index (χ0v) is 11.8. The normalized spacial score (nSPS) is 16.4. The van der Waals surface area contributed by atoms with E-state index in [9.17, 15) is 0 Å². The number of hydrogen-bond donors (Lipinski definition) is 1. The Morgan fingerprint density at radius 1 is 1.28 bits per heavy atom. The molecule has 0 atom stereocenters. The van der Waals surface area contributed by atoms with Gasteiger partial charge in [-0.05, 0) is 44.0 Å². The largest absolute Gasteiger partial charge is 0.384 e. The summed E-state index contributed by atoms with van der Waals surface area (Å²) in [6, 6.07) is 9.47. The van der Waals surface area contributed by atoms with E-state index in [0.29, 0.717) is 0 Å². The molecule has 1 aliphatic carbocycles. The SMILES string of the molecule is CCN(CCNc1cccc(C)c1)C1CCCC1. The van der Waals surface area contributed by atoms with Gasteiger partial charge in [0, 0.05) is 24.8 Å². The van der Waals surface area contributed by atoms with E-state index in [-0.39, 0.29) is 0 Å². The molecule has 0 bridgehead atoms. The molecule has 0 unspecified atom stereocenters. The summed E-state index contributed by atoms with van der Waals surface area (Å²) in [6.45, 7) is 7.82. The zero-order valence-electron chi connectivity index (χ0n) is 11.8. The lowest BCUT2D eigenvalue weighted by Crippen LogP contribution is -2.36. The maximum absolute atomic E-state index is 3.53. The number of benzene rings is 1. The highest BCUT2D eigenvalue weighted by molar-refractivity contribution is 5.45. The molecular weight excluding hydrogens is 220 g/mol. The van der Waals surface area contributed by atoms with E-state index in [1.807, 2.05) is 0 Å². The first-order valence-electron chi connectivity index (χ1n) is 7.34. The van der Waals surface area contributed by atoms with Crippen molar-refractivity contribution in [3.8, 4) is 0 Å². The third kappa shape index (κ3) is 3.74. The molecular formula is C16H26N2. The van der Waals surface area contributed by atoms with E-state index in [4.69, 9.17) is 0 Å². The van der Waals surface area contributed by atoms with E-state index in [0.717, 1.165) is 19.1 Å². The van der Waals surface area contributed by atoms with Crippen molar-refractivity contribution in [1.82, 2.24) is 4.90 Å². The Morgan fingerprint density at radius 3 is 2.72 bits per heavy atom. The molecule has 18 heavy (non-hydrogen) atoms. The summed E-state index contributed by atoms with van der Waals surface area (Å²) in [4.78, 5) is 2.63. The molecule has 1 aromatic carbocycles. The van der Waals surface area contributed by atoms with Crippen molar-refractivity contribution in [2.45, 2.75) is 45.6 Å². The van der Waals surface area contributed by atoms with Crippen molar-refractivity contribution >= 4 is 5.69 Å². The number of likely N-dealkylation sites (N-methyl/N-ethyl adjacent to an activating group) is 1. The summed E-state index contributed by atoms with van der Waals surface area (Å²) in [5, 5.41) is 3.53. The lowest BCUT2D eigenvalue weighted by molar-refractivity contribution is 0.217. The van der Waals surface area contributed by atoms with Crippen molar-refractivity contribution in [3.05, 3.63) is 29.8 Å². The Labute approximate surface area is 111 Å². The maximum atomic E-state index is 3.53. The molecule has 0 heterocycles. The predicted molar refractivity (Wildman–Crippen MR) is 79.2 cm³/mol. The Bertz CT molecular complexity index is 356. The minimum atomic E-state index is 0.842. The molecule has 1 N–H and O–H groups in total. The second-order valence-electron chi connectivity index (χ2n) is 5.36. The first-order valence-corrected chi connectivity index (χ1v) is 7.34. The van der Waals surface area contributed by atoms with Crippen LogP contribution in [0.25, 0.3) is 0 Å². The quantitative estimate of drug-likeness (QED) is 0.824. The van der Waals surface area contributed by atoms with E-state index in [1.54, 1.807) is 0 Å². The fourth-order valence-electron chi connectivity index (χ4n) is 2.97. The number of hydrogen-bond acceptors (Lipinski definition) is 2. The highest BCUT2D eigenvalue weighted by Gasteiger charge is 2.20. The fourth-order valence-corrected chi connectivity index (χ4v) is 2.97. The summed E-state index contributed by atoms with van der Waals surface area (Å²) in [6.07, 6.45) is 5.65. The van der Waals surface area contributed by atoms with Crippen molar-refractivity contribution in [2.24, 2.45) is 0 Å². The molecule has 2 nitrogen and oxygen atoms in total. The molecule has 0 aliphatic heterocycles. The van der Waals surface area contributed by atoms with Crippen molar-refractivity contribution in [2.75, 3.05) is 25.0 Å². The van der Waals surface area contributed by atoms with Gasteiger partial charge in [0.25, 0.3) is 0 Å². The smallest absolute Gasteiger partial charge is 0.0343 e. The van der Waals surface area contributed by atoms with Gasteiger partial charge in [0.2, 0.25) is 0 Å². The molecule has 0 spiro atoms. The highest BCUT2D eigenvalue weighted by Crippen LogP contribution is 2.23. The minimum absolute atomic E-state index is 0.842. The summed E-state index contributed by atoms with van der Waals surface area (Å²) in [5.74, 6) is 0. The molecule has 0 aromatic heterocycles. The summed E-state index contributed by atoms with van der Waals surface area (Å²) < 4.78 is 0. The van der Waals surface area contributed by atoms with Gasteiger partial charge in [-0.1, -0.05) is 31.9 Å². The van der Waals surface area contributed by atoms with Crippen LogP contribution in [0.15, 0.2) is 24.3 Å². The molecule has 1 fully saturated rings. The Kier molecular flexibility index (Phi) is 5.06. The zero-order chi connectivity index (χ0) is 12.8. The molecule has 1 aromatic rings. The van der Waals surface area contributed by atoms with Gasteiger partial charge in [0.1, 0.15) is 0 Å². The number of aryl methyl sites for hydroxylation is 1. The monoisotopic (exact) mass is 246 g/mol.